The molecule has 0 aliphatic heterocycles. The molecule has 0 radical (unpaired) electrons. The Hall–Kier alpha value is -1.02. The van der Waals surface area contributed by atoms with E-state index in [1.807, 2.05) is 0 Å². The van der Waals surface area contributed by atoms with Crippen LogP contribution in [0.1, 0.15) is 42.4 Å². The number of hydrogen-bond donors (Lipinski definition) is 1. The van der Waals surface area contributed by atoms with Crippen molar-refractivity contribution in [2.24, 2.45) is 5.73 Å². The van der Waals surface area contributed by atoms with Crippen LogP contribution < -0.4 is 10.6 Å². The molecule has 0 bridgehead atoms. The maximum Gasteiger partial charge on any atom is 0.0410 e. The summed E-state index contributed by atoms with van der Waals surface area (Å²) >= 11 is 0. The van der Waals surface area contributed by atoms with Crippen LogP contribution in [0.3, 0.4) is 0 Å². The van der Waals surface area contributed by atoms with Crippen LogP contribution in [0, 0.1) is 13.8 Å². The fourth-order valence-electron chi connectivity index (χ4n) is 2.89. The molecule has 1 aliphatic carbocycles. The molecule has 2 nitrogen and oxygen atoms in total. The minimum Gasteiger partial charge on any atom is -0.377 e. The van der Waals surface area contributed by atoms with Crippen LogP contribution in [0.25, 0.3) is 0 Å². The molecule has 1 saturated carbocycles. The molecule has 1 fully saturated rings. The SMILES string of the molecule is Cc1cc(C2(N)CCCC2)cc(N(C)C)c1C. The summed E-state index contributed by atoms with van der Waals surface area (Å²) in [5.74, 6) is 0. The van der Waals surface area contributed by atoms with Crippen LogP contribution in [0.15, 0.2) is 12.1 Å². The van der Waals surface area contributed by atoms with Gasteiger partial charge in [0.05, 0.1) is 0 Å². The first kappa shape index (κ1) is 12.4. The van der Waals surface area contributed by atoms with Gasteiger partial charge in [0.15, 0.2) is 0 Å². The number of aryl methyl sites for hydroxylation is 1. The van der Waals surface area contributed by atoms with E-state index in [2.05, 4.69) is 45.0 Å². The molecule has 2 N–H and O–H groups in total. The Morgan fingerprint density at radius 2 is 1.71 bits per heavy atom. The molecule has 0 saturated heterocycles. The Balaban J connectivity index is 2.49. The molecule has 1 aromatic carbocycles. The smallest absolute Gasteiger partial charge is 0.0410 e. The summed E-state index contributed by atoms with van der Waals surface area (Å²) in [6, 6.07) is 4.57. The summed E-state index contributed by atoms with van der Waals surface area (Å²) in [6.45, 7) is 4.37. The lowest BCUT2D eigenvalue weighted by molar-refractivity contribution is 0.461. The molecule has 0 heterocycles. The maximum atomic E-state index is 6.55. The van der Waals surface area contributed by atoms with E-state index in [0.29, 0.717) is 0 Å². The van der Waals surface area contributed by atoms with Crippen molar-refractivity contribution in [3.63, 3.8) is 0 Å². The number of rotatable bonds is 2. The van der Waals surface area contributed by atoms with Crippen LogP contribution in [-0.2, 0) is 5.54 Å². The molecular formula is C15H24N2. The average molecular weight is 232 g/mol. The second-order valence-corrected chi connectivity index (χ2v) is 5.69. The van der Waals surface area contributed by atoms with Crippen molar-refractivity contribution in [2.45, 2.75) is 45.1 Å². The van der Waals surface area contributed by atoms with Gasteiger partial charge in [0.25, 0.3) is 0 Å². The maximum absolute atomic E-state index is 6.55. The molecule has 0 amide bonds. The van der Waals surface area contributed by atoms with Crippen LogP contribution in [-0.4, -0.2) is 14.1 Å². The van der Waals surface area contributed by atoms with E-state index in [-0.39, 0.29) is 5.54 Å². The number of hydrogen-bond acceptors (Lipinski definition) is 2. The van der Waals surface area contributed by atoms with Gasteiger partial charge in [-0.25, -0.2) is 0 Å². The zero-order chi connectivity index (χ0) is 12.6. The number of nitrogens with two attached hydrogens (primary N) is 1. The van der Waals surface area contributed by atoms with E-state index < -0.39 is 0 Å². The monoisotopic (exact) mass is 232 g/mol. The highest BCUT2D eigenvalue weighted by atomic mass is 15.1. The zero-order valence-corrected chi connectivity index (χ0v) is 11.5. The lowest BCUT2D eigenvalue weighted by Gasteiger charge is -2.28. The topological polar surface area (TPSA) is 29.3 Å². The number of nitrogens with zero attached hydrogens (tertiary/aromatic N) is 1. The van der Waals surface area contributed by atoms with Gasteiger partial charge in [-0.15, -0.1) is 0 Å². The summed E-state index contributed by atoms with van der Waals surface area (Å²) in [5.41, 5.74) is 11.8. The predicted molar refractivity (Wildman–Crippen MR) is 74.6 cm³/mol. The van der Waals surface area contributed by atoms with E-state index >= 15 is 0 Å². The van der Waals surface area contributed by atoms with Gasteiger partial charge in [-0.2, -0.15) is 0 Å². The molecular weight excluding hydrogens is 208 g/mol. The lowest BCUT2D eigenvalue weighted by atomic mass is 9.87. The van der Waals surface area contributed by atoms with E-state index in [1.165, 1.54) is 35.2 Å². The highest BCUT2D eigenvalue weighted by Gasteiger charge is 2.31. The third-order valence-electron chi connectivity index (χ3n) is 4.19. The highest BCUT2D eigenvalue weighted by Crippen LogP contribution is 2.38. The molecule has 94 valence electrons. The zero-order valence-electron chi connectivity index (χ0n) is 11.5. The minimum atomic E-state index is -0.0801. The Kier molecular flexibility index (Phi) is 3.17. The number of benzene rings is 1. The molecule has 0 spiro atoms. The average Bonchev–Trinajstić information content (AvgIpc) is 2.69. The van der Waals surface area contributed by atoms with Gasteiger partial charge < -0.3 is 10.6 Å². The molecule has 0 atom stereocenters. The molecule has 1 aliphatic rings. The first-order valence-corrected chi connectivity index (χ1v) is 6.52. The van der Waals surface area contributed by atoms with Crippen molar-refractivity contribution >= 4 is 5.69 Å². The third kappa shape index (κ3) is 2.19. The summed E-state index contributed by atoms with van der Waals surface area (Å²) in [7, 11) is 4.20. The Labute approximate surface area is 105 Å². The first-order valence-electron chi connectivity index (χ1n) is 6.52. The second kappa shape index (κ2) is 4.34. The number of anilines is 1. The van der Waals surface area contributed by atoms with E-state index in [0.717, 1.165) is 12.8 Å². The van der Waals surface area contributed by atoms with E-state index in [1.54, 1.807) is 0 Å². The molecule has 0 unspecified atom stereocenters. The Morgan fingerprint density at radius 3 is 2.24 bits per heavy atom. The van der Waals surface area contributed by atoms with Crippen molar-refractivity contribution in [1.82, 2.24) is 0 Å². The fraction of sp³-hybridized carbons (Fsp3) is 0.600. The van der Waals surface area contributed by atoms with Gasteiger partial charge in [-0.05, 0) is 49.4 Å². The highest BCUT2D eigenvalue weighted by molar-refractivity contribution is 5.58. The van der Waals surface area contributed by atoms with Gasteiger partial charge in [-0.3, -0.25) is 0 Å². The van der Waals surface area contributed by atoms with Crippen molar-refractivity contribution < 1.29 is 0 Å². The van der Waals surface area contributed by atoms with E-state index in [9.17, 15) is 0 Å². The quantitative estimate of drug-likeness (QED) is 0.849. The van der Waals surface area contributed by atoms with Crippen molar-refractivity contribution in [3.05, 3.63) is 28.8 Å². The largest absolute Gasteiger partial charge is 0.377 e. The van der Waals surface area contributed by atoms with Gasteiger partial charge in [0.2, 0.25) is 0 Å². The summed E-state index contributed by atoms with van der Waals surface area (Å²) in [6.07, 6.45) is 4.78. The summed E-state index contributed by atoms with van der Waals surface area (Å²) in [4.78, 5) is 2.18. The third-order valence-corrected chi connectivity index (χ3v) is 4.19. The molecule has 17 heavy (non-hydrogen) atoms. The van der Waals surface area contributed by atoms with Crippen LogP contribution in [0.4, 0.5) is 5.69 Å². The van der Waals surface area contributed by atoms with Crippen molar-refractivity contribution in [2.75, 3.05) is 19.0 Å². The van der Waals surface area contributed by atoms with Crippen molar-refractivity contribution in [1.29, 1.82) is 0 Å². The summed E-state index contributed by atoms with van der Waals surface area (Å²) < 4.78 is 0. The van der Waals surface area contributed by atoms with E-state index in [4.69, 9.17) is 5.73 Å². The Morgan fingerprint density at radius 1 is 1.12 bits per heavy atom. The molecule has 2 rings (SSSR count). The molecule has 2 heteroatoms. The van der Waals surface area contributed by atoms with Gasteiger partial charge >= 0.3 is 0 Å². The second-order valence-electron chi connectivity index (χ2n) is 5.69. The fourth-order valence-corrected chi connectivity index (χ4v) is 2.89. The van der Waals surface area contributed by atoms with Crippen LogP contribution in [0.2, 0.25) is 0 Å². The molecule has 0 aromatic heterocycles. The first-order chi connectivity index (χ1) is 7.94. The minimum absolute atomic E-state index is 0.0801. The van der Waals surface area contributed by atoms with Gasteiger partial charge in [0.1, 0.15) is 0 Å². The van der Waals surface area contributed by atoms with Crippen LogP contribution in [0.5, 0.6) is 0 Å². The Bertz CT molecular complexity index is 415. The normalized spacial score (nSPS) is 18.4. The summed E-state index contributed by atoms with van der Waals surface area (Å²) in [5, 5.41) is 0. The van der Waals surface area contributed by atoms with Gasteiger partial charge in [-0.1, -0.05) is 18.9 Å². The predicted octanol–water partition coefficient (Wildman–Crippen LogP) is 3.10. The molecule has 1 aromatic rings. The van der Waals surface area contributed by atoms with Crippen LogP contribution >= 0.6 is 0 Å². The van der Waals surface area contributed by atoms with Gasteiger partial charge in [0, 0.05) is 25.3 Å². The standard InChI is InChI=1S/C15H24N2/c1-11-9-13(15(16)7-5-6-8-15)10-14(12(11)2)17(3)4/h9-10H,5-8,16H2,1-4H3. The van der Waals surface area contributed by atoms with Crippen molar-refractivity contribution in [3.8, 4) is 0 Å². The lowest BCUT2D eigenvalue weighted by Crippen LogP contribution is -2.33.